The van der Waals surface area contributed by atoms with E-state index in [4.69, 9.17) is 18.6 Å². The molecule has 6 nitrogen and oxygen atoms in total. The minimum absolute atomic E-state index is 0.176. The van der Waals surface area contributed by atoms with Crippen LogP contribution in [-0.2, 0) is 4.74 Å². The maximum atomic E-state index is 12.1. The predicted molar refractivity (Wildman–Crippen MR) is 84.7 cm³/mol. The molecule has 1 aromatic carbocycles. The van der Waals surface area contributed by atoms with Crippen LogP contribution < -0.4 is 9.47 Å². The first-order valence-corrected chi connectivity index (χ1v) is 7.66. The number of carbonyl (C=O) groups excluding carboxylic acids is 1. The fraction of sp³-hybridized carbons (Fsp3) is 0.353. The Balaban J connectivity index is 1.69. The number of carbonyl (C=O) groups is 1. The molecule has 0 saturated heterocycles. The second-order valence-electron chi connectivity index (χ2n) is 5.12. The van der Waals surface area contributed by atoms with Crippen molar-refractivity contribution in [3.05, 3.63) is 36.5 Å². The molecule has 0 saturated carbocycles. The van der Waals surface area contributed by atoms with E-state index in [-0.39, 0.29) is 5.76 Å². The molecular weight excluding hydrogens is 298 g/mol. The normalized spacial score (nSPS) is 12.8. The van der Waals surface area contributed by atoms with Gasteiger partial charge in [0.2, 0.25) is 5.76 Å². The maximum Gasteiger partial charge on any atom is 0.374 e. The minimum Gasteiger partial charge on any atom is -0.458 e. The van der Waals surface area contributed by atoms with E-state index in [1.165, 1.54) is 12.5 Å². The lowest BCUT2D eigenvalue weighted by Crippen LogP contribution is -2.27. The molecule has 0 spiro atoms. The van der Waals surface area contributed by atoms with Gasteiger partial charge in [-0.05, 0) is 25.2 Å². The Morgan fingerprint density at radius 3 is 2.48 bits per heavy atom. The Morgan fingerprint density at radius 2 is 1.78 bits per heavy atom. The van der Waals surface area contributed by atoms with Crippen molar-refractivity contribution >= 4 is 16.9 Å². The van der Waals surface area contributed by atoms with E-state index < -0.39 is 5.97 Å². The van der Waals surface area contributed by atoms with Crippen molar-refractivity contribution in [1.82, 2.24) is 4.90 Å². The van der Waals surface area contributed by atoms with Gasteiger partial charge in [-0.25, -0.2) is 4.79 Å². The maximum absolute atomic E-state index is 12.1. The number of furan rings is 1. The van der Waals surface area contributed by atoms with E-state index >= 15 is 0 Å². The highest BCUT2D eigenvalue weighted by Crippen LogP contribution is 2.36. The van der Waals surface area contributed by atoms with Gasteiger partial charge in [-0.3, -0.25) is 0 Å². The van der Waals surface area contributed by atoms with E-state index in [1.807, 2.05) is 0 Å². The fourth-order valence-electron chi connectivity index (χ4n) is 2.41. The van der Waals surface area contributed by atoms with Gasteiger partial charge >= 0.3 is 5.97 Å². The van der Waals surface area contributed by atoms with Crippen LogP contribution in [0.25, 0.3) is 11.0 Å². The molecule has 0 fully saturated rings. The lowest BCUT2D eigenvalue weighted by atomic mass is 10.2. The van der Waals surface area contributed by atoms with Gasteiger partial charge in [-0.1, -0.05) is 13.8 Å². The molecule has 0 bridgehead atoms. The zero-order valence-electron chi connectivity index (χ0n) is 13.2. The number of likely N-dealkylation sites (N-methyl/N-ethyl adjacent to an activating group) is 1. The monoisotopic (exact) mass is 317 g/mol. The Labute approximate surface area is 134 Å². The zero-order valence-corrected chi connectivity index (χ0v) is 13.2. The first-order chi connectivity index (χ1) is 11.2. The van der Waals surface area contributed by atoms with Crippen LogP contribution in [0.3, 0.4) is 0 Å². The number of esters is 1. The van der Waals surface area contributed by atoms with Crippen LogP contribution >= 0.6 is 0 Å². The molecule has 2 aromatic rings. The molecule has 1 aliphatic rings. The zero-order chi connectivity index (χ0) is 16.2. The number of hydrogen-bond acceptors (Lipinski definition) is 6. The Hall–Kier alpha value is -2.47. The van der Waals surface area contributed by atoms with Crippen molar-refractivity contribution in [1.29, 1.82) is 0 Å². The van der Waals surface area contributed by atoms with Crippen molar-refractivity contribution in [2.24, 2.45) is 0 Å². The van der Waals surface area contributed by atoms with Crippen LogP contribution in [0.4, 0.5) is 0 Å². The lowest BCUT2D eigenvalue weighted by molar-refractivity contribution is 0.0433. The number of fused-ring (bicyclic) bond motifs is 2. The van der Waals surface area contributed by atoms with E-state index in [0.717, 1.165) is 18.5 Å². The summed E-state index contributed by atoms with van der Waals surface area (Å²) in [5.74, 6) is 0.846. The highest BCUT2D eigenvalue weighted by Gasteiger charge is 2.17. The smallest absolute Gasteiger partial charge is 0.374 e. The van der Waals surface area contributed by atoms with Gasteiger partial charge in [0.15, 0.2) is 11.5 Å². The number of hydrogen-bond donors (Lipinski definition) is 0. The second kappa shape index (κ2) is 6.75. The highest BCUT2D eigenvalue weighted by atomic mass is 16.6. The van der Waals surface area contributed by atoms with E-state index in [9.17, 15) is 4.79 Å². The van der Waals surface area contributed by atoms with Gasteiger partial charge in [-0.2, -0.15) is 0 Å². The molecule has 3 rings (SSSR count). The molecule has 0 aliphatic carbocycles. The summed E-state index contributed by atoms with van der Waals surface area (Å²) in [5, 5.41) is 0.762. The quantitative estimate of drug-likeness (QED) is 0.763. The summed E-state index contributed by atoms with van der Waals surface area (Å²) in [6, 6.07) is 5.11. The SMILES string of the molecule is CCN(CC)CCOC(=O)c1cc2cc3c(cc2o1)OC=CO3. The Kier molecular flexibility index (Phi) is 4.52. The highest BCUT2D eigenvalue weighted by molar-refractivity contribution is 5.93. The van der Waals surface area contributed by atoms with Crippen molar-refractivity contribution < 1.29 is 23.4 Å². The van der Waals surface area contributed by atoms with E-state index in [0.29, 0.717) is 30.2 Å². The molecule has 0 atom stereocenters. The van der Waals surface area contributed by atoms with Crippen LogP contribution in [0.5, 0.6) is 11.5 Å². The van der Waals surface area contributed by atoms with Gasteiger partial charge < -0.3 is 23.5 Å². The number of benzene rings is 1. The van der Waals surface area contributed by atoms with E-state index in [2.05, 4.69) is 18.7 Å². The average molecular weight is 317 g/mol. The fourth-order valence-corrected chi connectivity index (χ4v) is 2.41. The molecule has 2 heterocycles. The molecule has 122 valence electrons. The molecule has 0 amide bonds. The third-order valence-corrected chi connectivity index (χ3v) is 3.76. The predicted octanol–water partition coefficient (Wildman–Crippen LogP) is 3.17. The van der Waals surface area contributed by atoms with Crippen LogP contribution in [0.1, 0.15) is 24.4 Å². The van der Waals surface area contributed by atoms with Gasteiger partial charge in [-0.15, -0.1) is 0 Å². The summed E-state index contributed by atoms with van der Waals surface area (Å²) >= 11 is 0. The molecule has 0 N–H and O–H groups in total. The van der Waals surface area contributed by atoms with Crippen molar-refractivity contribution in [3.8, 4) is 11.5 Å². The van der Waals surface area contributed by atoms with E-state index in [1.54, 1.807) is 18.2 Å². The topological polar surface area (TPSA) is 61.1 Å². The standard InChI is InChI=1S/C17H19NO5/c1-3-18(4-2)5-6-22-17(19)16-10-12-9-14-15(11-13(12)23-16)21-8-7-20-14/h7-11H,3-6H2,1-2H3. The van der Waals surface area contributed by atoms with Gasteiger partial charge in [0.25, 0.3) is 0 Å². The number of rotatable bonds is 6. The van der Waals surface area contributed by atoms with Crippen molar-refractivity contribution in [2.75, 3.05) is 26.2 Å². The van der Waals surface area contributed by atoms with Crippen LogP contribution in [0.2, 0.25) is 0 Å². The summed E-state index contributed by atoms with van der Waals surface area (Å²) in [6.07, 6.45) is 2.90. The second-order valence-corrected chi connectivity index (χ2v) is 5.12. The lowest BCUT2D eigenvalue weighted by Gasteiger charge is -2.17. The van der Waals surface area contributed by atoms with Crippen LogP contribution in [0, 0.1) is 0 Å². The summed E-state index contributed by atoms with van der Waals surface area (Å²) in [7, 11) is 0. The average Bonchev–Trinajstić information content (AvgIpc) is 2.99. The molecule has 6 heteroatoms. The summed E-state index contributed by atoms with van der Waals surface area (Å²) in [5.41, 5.74) is 0.554. The number of ether oxygens (including phenoxy) is 3. The third kappa shape index (κ3) is 3.32. The minimum atomic E-state index is -0.466. The van der Waals surface area contributed by atoms with Gasteiger partial charge in [0, 0.05) is 18.0 Å². The molecule has 0 radical (unpaired) electrons. The van der Waals surface area contributed by atoms with Gasteiger partial charge in [0.1, 0.15) is 24.7 Å². The molecule has 1 aromatic heterocycles. The van der Waals surface area contributed by atoms with Crippen molar-refractivity contribution in [2.45, 2.75) is 13.8 Å². The van der Waals surface area contributed by atoms with Crippen LogP contribution in [0.15, 0.2) is 35.1 Å². The molecule has 0 unspecified atom stereocenters. The Bertz CT molecular complexity index is 685. The summed E-state index contributed by atoms with van der Waals surface area (Å²) in [6.45, 7) is 7.05. The molecule has 23 heavy (non-hydrogen) atoms. The first-order valence-electron chi connectivity index (χ1n) is 7.66. The third-order valence-electron chi connectivity index (χ3n) is 3.76. The largest absolute Gasteiger partial charge is 0.458 e. The first kappa shape index (κ1) is 15.4. The Morgan fingerprint density at radius 1 is 1.09 bits per heavy atom. The molecular formula is C17H19NO5. The van der Waals surface area contributed by atoms with Gasteiger partial charge in [0.05, 0.1) is 0 Å². The number of nitrogens with zero attached hydrogens (tertiary/aromatic N) is 1. The molecule has 1 aliphatic heterocycles. The summed E-state index contributed by atoms with van der Waals surface area (Å²) in [4.78, 5) is 14.3. The van der Waals surface area contributed by atoms with Crippen LogP contribution in [-0.4, -0.2) is 37.1 Å². The van der Waals surface area contributed by atoms with Crippen molar-refractivity contribution in [3.63, 3.8) is 0 Å². The summed E-state index contributed by atoms with van der Waals surface area (Å²) < 4.78 is 21.5.